The fraction of sp³-hybridized carbons (Fsp3) is 0.167. The SMILES string of the molecule is Cc1nn(Cc2ccccc2)c(C)c1NS(=O)(=O)c1ccc(F)cc1F. The Kier molecular flexibility index (Phi) is 4.78. The van der Waals surface area contributed by atoms with E-state index in [2.05, 4.69) is 9.82 Å². The van der Waals surface area contributed by atoms with Crippen LogP contribution in [0.3, 0.4) is 0 Å². The van der Waals surface area contributed by atoms with Crippen molar-refractivity contribution in [3.63, 3.8) is 0 Å². The quantitative estimate of drug-likeness (QED) is 0.739. The first kappa shape index (κ1) is 18.1. The van der Waals surface area contributed by atoms with Crippen LogP contribution in [0.15, 0.2) is 53.4 Å². The van der Waals surface area contributed by atoms with Crippen LogP contribution in [0.2, 0.25) is 0 Å². The van der Waals surface area contributed by atoms with Crippen LogP contribution < -0.4 is 4.72 Å². The lowest BCUT2D eigenvalue weighted by atomic mass is 10.2. The van der Waals surface area contributed by atoms with Crippen molar-refractivity contribution in [2.45, 2.75) is 25.3 Å². The summed E-state index contributed by atoms with van der Waals surface area (Å²) in [5.74, 6) is -1.99. The third-order valence-corrected chi connectivity index (χ3v) is 5.36. The van der Waals surface area contributed by atoms with Crippen LogP contribution in [0.1, 0.15) is 17.0 Å². The molecule has 8 heteroatoms. The summed E-state index contributed by atoms with van der Waals surface area (Å²) >= 11 is 0. The van der Waals surface area contributed by atoms with Crippen LogP contribution in [-0.4, -0.2) is 18.2 Å². The van der Waals surface area contributed by atoms with Gasteiger partial charge in [-0.15, -0.1) is 0 Å². The van der Waals surface area contributed by atoms with Crippen LogP contribution >= 0.6 is 0 Å². The van der Waals surface area contributed by atoms with Crippen LogP contribution in [0, 0.1) is 25.5 Å². The predicted molar refractivity (Wildman–Crippen MR) is 94.4 cm³/mol. The molecule has 0 aliphatic heterocycles. The molecule has 0 saturated heterocycles. The molecule has 1 heterocycles. The van der Waals surface area contributed by atoms with Crippen molar-refractivity contribution in [2.24, 2.45) is 0 Å². The van der Waals surface area contributed by atoms with Crippen molar-refractivity contribution < 1.29 is 17.2 Å². The first-order valence-corrected chi connectivity index (χ1v) is 9.32. The third kappa shape index (κ3) is 3.60. The molecular weight excluding hydrogens is 360 g/mol. The van der Waals surface area contributed by atoms with E-state index >= 15 is 0 Å². The van der Waals surface area contributed by atoms with Gasteiger partial charge in [-0.2, -0.15) is 5.10 Å². The van der Waals surface area contributed by atoms with Gasteiger partial charge in [0.1, 0.15) is 16.5 Å². The number of benzene rings is 2. The van der Waals surface area contributed by atoms with Gasteiger partial charge in [0.25, 0.3) is 10.0 Å². The number of rotatable bonds is 5. The molecule has 0 aliphatic carbocycles. The standard InChI is InChI=1S/C18H17F2N3O2S/c1-12-18(13(2)23(21-12)11-14-6-4-3-5-7-14)22-26(24,25)17-9-8-15(19)10-16(17)20/h3-10,22H,11H2,1-2H3. The van der Waals surface area contributed by atoms with Crippen molar-refractivity contribution in [3.05, 3.63) is 77.1 Å². The number of hydrogen-bond acceptors (Lipinski definition) is 3. The molecule has 0 unspecified atom stereocenters. The Morgan fingerprint density at radius 2 is 1.77 bits per heavy atom. The first-order valence-electron chi connectivity index (χ1n) is 7.84. The molecule has 26 heavy (non-hydrogen) atoms. The summed E-state index contributed by atoms with van der Waals surface area (Å²) in [4.78, 5) is -0.617. The molecule has 0 amide bonds. The number of anilines is 1. The number of nitrogens with zero attached hydrogens (tertiary/aromatic N) is 2. The zero-order valence-corrected chi connectivity index (χ0v) is 15.0. The maximum absolute atomic E-state index is 13.9. The Bertz CT molecular complexity index is 1050. The normalized spacial score (nSPS) is 11.5. The van der Waals surface area contributed by atoms with Gasteiger partial charge in [-0.25, -0.2) is 17.2 Å². The van der Waals surface area contributed by atoms with Gasteiger partial charge in [-0.1, -0.05) is 30.3 Å². The Labute approximate surface area is 150 Å². The lowest BCUT2D eigenvalue weighted by molar-refractivity contribution is 0.551. The molecule has 0 saturated carbocycles. The molecule has 0 bridgehead atoms. The maximum Gasteiger partial charge on any atom is 0.264 e. The van der Waals surface area contributed by atoms with Gasteiger partial charge in [0.05, 0.1) is 23.6 Å². The number of aryl methyl sites for hydroxylation is 1. The van der Waals surface area contributed by atoms with E-state index in [1.54, 1.807) is 18.5 Å². The molecule has 1 aromatic heterocycles. The third-order valence-electron chi connectivity index (χ3n) is 3.98. The van der Waals surface area contributed by atoms with Crippen molar-refractivity contribution in [1.29, 1.82) is 0 Å². The largest absolute Gasteiger partial charge is 0.276 e. The van der Waals surface area contributed by atoms with Gasteiger partial charge in [0.15, 0.2) is 0 Å². The van der Waals surface area contributed by atoms with Gasteiger partial charge in [-0.05, 0) is 31.5 Å². The molecule has 5 nitrogen and oxygen atoms in total. The van der Waals surface area contributed by atoms with E-state index in [4.69, 9.17) is 0 Å². The second-order valence-electron chi connectivity index (χ2n) is 5.87. The maximum atomic E-state index is 13.9. The van der Waals surface area contributed by atoms with Crippen LogP contribution in [0.4, 0.5) is 14.5 Å². The molecule has 3 rings (SSSR count). The molecular formula is C18H17F2N3O2S. The highest BCUT2D eigenvalue weighted by molar-refractivity contribution is 7.92. The van der Waals surface area contributed by atoms with Crippen LogP contribution in [0.5, 0.6) is 0 Å². The molecule has 1 N–H and O–H groups in total. The van der Waals surface area contributed by atoms with Crippen molar-refractivity contribution in [3.8, 4) is 0 Å². The fourth-order valence-electron chi connectivity index (χ4n) is 2.64. The number of aromatic nitrogens is 2. The van der Waals surface area contributed by atoms with Gasteiger partial charge in [0.2, 0.25) is 0 Å². The second-order valence-corrected chi connectivity index (χ2v) is 7.52. The van der Waals surface area contributed by atoms with E-state index in [1.165, 1.54) is 0 Å². The fourth-order valence-corrected chi connectivity index (χ4v) is 3.87. The molecule has 0 spiro atoms. The molecule has 0 fully saturated rings. The Hall–Kier alpha value is -2.74. The molecule has 0 radical (unpaired) electrons. The predicted octanol–water partition coefficient (Wildman–Crippen LogP) is 3.63. The summed E-state index contributed by atoms with van der Waals surface area (Å²) in [6, 6.07) is 11.9. The second kappa shape index (κ2) is 6.87. The van der Waals surface area contributed by atoms with Gasteiger partial charge in [-0.3, -0.25) is 9.40 Å². The molecule has 3 aromatic rings. The van der Waals surface area contributed by atoms with Gasteiger partial charge in [0, 0.05) is 6.07 Å². The van der Waals surface area contributed by atoms with Crippen molar-refractivity contribution in [2.75, 3.05) is 4.72 Å². The Balaban J connectivity index is 1.92. The van der Waals surface area contributed by atoms with E-state index < -0.39 is 26.6 Å². The molecule has 2 aromatic carbocycles. The summed E-state index contributed by atoms with van der Waals surface area (Å²) in [6.07, 6.45) is 0. The van der Waals surface area contributed by atoms with Crippen LogP contribution in [-0.2, 0) is 16.6 Å². The molecule has 0 aliphatic rings. The van der Waals surface area contributed by atoms with Gasteiger partial charge >= 0.3 is 0 Å². The summed E-state index contributed by atoms with van der Waals surface area (Å²) in [6.45, 7) is 3.86. The van der Waals surface area contributed by atoms with Crippen LogP contribution in [0.25, 0.3) is 0 Å². The average Bonchev–Trinajstić information content (AvgIpc) is 2.82. The Morgan fingerprint density at radius 1 is 1.08 bits per heavy atom. The topological polar surface area (TPSA) is 64.0 Å². The number of sulfonamides is 1. The molecule has 0 atom stereocenters. The van der Waals surface area contributed by atoms with Gasteiger partial charge < -0.3 is 0 Å². The average molecular weight is 377 g/mol. The smallest absolute Gasteiger partial charge is 0.264 e. The Morgan fingerprint density at radius 3 is 2.42 bits per heavy atom. The highest BCUT2D eigenvalue weighted by atomic mass is 32.2. The van der Waals surface area contributed by atoms with Crippen molar-refractivity contribution >= 4 is 15.7 Å². The summed E-state index contributed by atoms with van der Waals surface area (Å²) in [5.41, 5.74) is 2.35. The lowest BCUT2D eigenvalue weighted by Crippen LogP contribution is -2.16. The minimum atomic E-state index is -4.21. The summed E-state index contributed by atoms with van der Waals surface area (Å²) in [7, 11) is -4.21. The minimum absolute atomic E-state index is 0.282. The lowest BCUT2D eigenvalue weighted by Gasteiger charge is -2.10. The number of nitrogens with one attached hydrogen (secondary N) is 1. The highest BCUT2D eigenvalue weighted by Crippen LogP contribution is 2.25. The van der Waals surface area contributed by atoms with E-state index in [1.807, 2.05) is 30.3 Å². The van der Waals surface area contributed by atoms with E-state index in [-0.39, 0.29) is 5.69 Å². The summed E-state index contributed by atoms with van der Waals surface area (Å²) in [5, 5.41) is 4.36. The number of hydrogen-bond donors (Lipinski definition) is 1. The highest BCUT2D eigenvalue weighted by Gasteiger charge is 2.23. The zero-order chi connectivity index (χ0) is 18.9. The minimum Gasteiger partial charge on any atom is -0.276 e. The monoisotopic (exact) mass is 377 g/mol. The van der Waals surface area contributed by atoms with Crippen molar-refractivity contribution in [1.82, 2.24) is 9.78 Å². The van der Waals surface area contributed by atoms with E-state index in [0.29, 0.717) is 24.0 Å². The summed E-state index contributed by atoms with van der Waals surface area (Å²) < 4.78 is 55.9. The molecule has 136 valence electrons. The van der Waals surface area contributed by atoms with E-state index in [9.17, 15) is 17.2 Å². The van der Waals surface area contributed by atoms with E-state index in [0.717, 1.165) is 17.7 Å². The zero-order valence-electron chi connectivity index (χ0n) is 14.2. The number of halogens is 2. The first-order chi connectivity index (χ1) is 12.3.